The fourth-order valence-electron chi connectivity index (χ4n) is 3.34. The monoisotopic (exact) mass is 464 g/mol. The van der Waals surface area contributed by atoms with Gasteiger partial charge in [0.2, 0.25) is 14.8 Å². The maximum atomic E-state index is 6.73. The molecule has 0 bridgehead atoms. The minimum atomic E-state index is -1.98. The average molecular weight is 466 g/mol. The van der Waals surface area contributed by atoms with E-state index in [1.54, 1.807) is 0 Å². The van der Waals surface area contributed by atoms with Crippen LogP contribution in [-0.4, -0.2) is 14.8 Å². The number of halogens is 2. The molecule has 0 fully saturated rings. The third-order valence-electron chi connectivity index (χ3n) is 5.26. The van der Waals surface area contributed by atoms with Gasteiger partial charge in [0.25, 0.3) is 0 Å². The zero-order chi connectivity index (χ0) is 21.5. The van der Waals surface area contributed by atoms with Crippen LogP contribution < -0.4 is 20.7 Å². The number of hydrogen-bond acceptors (Lipinski definition) is 0. The van der Waals surface area contributed by atoms with Crippen molar-refractivity contribution < 1.29 is 0 Å². The summed E-state index contributed by atoms with van der Waals surface area (Å²) in [6.07, 6.45) is 0. The van der Waals surface area contributed by atoms with E-state index in [2.05, 4.69) is 61.6 Å². The molecule has 4 aromatic rings. The van der Waals surface area contributed by atoms with E-state index in [0.717, 1.165) is 0 Å². The summed E-state index contributed by atoms with van der Waals surface area (Å²) in [5, 5.41) is 5.05. The lowest BCUT2D eigenvalue weighted by molar-refractivity contribution is 1.71. The Labute approximate surface area is 191 Å². The fourth-order valence-corrected chi connectivity index (χ4v) is 8.79. The Morgan fingerprint density at radius 2 is 0.533 bits per heavy atom. The van der Waals surface area contributed by atoms with Crippen LogP contribution in [0.25, 0.3) is 0 Å². The molecule has 0 nitrogen and oxygen atoms in total. The molecule has 0 atom stereocenters. The first kappa shape index (κ1) is 22.6. The molecule has 0 aliphatic carbocycles. The zero-order valence-electron chi connectivity index (χ0n) is 17.3. The van der Waals surface area contributed by atoms with E-state index in [1.807, 2.05) is 72.8 Å². The van der Waals surface area contributed by atoms with Gasteiger partial charge in [0.1, 0.15) is 0 Å². The first-order valence-electron chi connectivity index (χ1n) is 10.0. The molecule has 0 N–H and O–H groups in total. The molecule has 4 aromatic carbocycles. The van der Waals surface area contributed by atoms with E-state index in [9.17, 15) is 0 Å². The molecule has 0 saturated heterocycles. The summed E-state index contributed by atoms with van der Waals surface area (Å²) < 4.78 is 0. The Bertz CT molecular complexity index is 850. The van der Waals surface area contributed by atoms with Gasteiger partial charge in [0.05, 0.1) is 0 Å². The second kappa shape index (κ2) is 10.3. The van der Waals surface area contributed by atoms with Crippen LogP contribution in [0.1, 0.15) is 0 Å². The summed E-state index contributed by atoms with van der Waals surface area (Å²) in [6, 6.07) is 41.4. The summed E-state index contributed by atoms with van der Waals surface area (Å²) in [7, 11) is -3.97. The number of hydrogen-bond donors (Lipinski definition) is 0. The first-order valence-corrected chi connectivity index (χ1v) is 17.0. The van der Waals surface area contributed by atoms with Crippen LogP contribution in [0.3, 0.4) is 0 Å². The lowest BCUT2D eigenvalue weighted by Crippen LogP contribution is -2.50. The smallest absolute Gasteiger partial charge is 0.155 e. The van der Waals surface area contributed by atoms with Crippen molar-refractivity contribution in [3.8, 4) is 0 Å². The van der Waals surface area contributed by atoms with E-state index < -0.39 is 14.8 Å². The van der Waals surface area contributed by atoms with Crippen molar-refractivity contribution in [2.45, 2.75) is 13.1 Å². The molecule has 0 heterocycles. The minimum Gasteiger partial charge on any atom is -0.155 e. The van der Waals surface area contributed by atoms with E-state index in [-0.39, 0.29) is 0 Å². The lowest BCUT2D eigenvalue weighted by atomic mass is 10.4. The number of benzene rings is 4. The third kappa shape index (κ3) is 5.52. The molecule has 0 aliphatic rings. The van der Waals surface area contributed by atoms with Crippen LogP contribution in [-0.2, 0) is 0 Å². The van der Waals surface area contributed by atoms with Crippen molar-refractivity contribution in [2.75, 3.05) is 0 Å². The molecule has 0 amide bonds. The van der Waals surface area contributed by atoms with Crippen molar-refractivity contribution in [2.24, 2.45) is 0 Å². The van der Waals surface area contributed by atoms with Crippen molar-refractivity contribution in [1.29, 1.82) is 0 Å². The predicted octanol–water partition coefficient (Wildman–Crippen LogP) is 5.23. The molecule has 0 aliphatic heterocycles. The van der Waals surface area contributed by atoms with Crippen LogP contribution >= 0.6 is 22.2 Å². The van der Waals surface area contributed by atoms with Crippen molar-refractivity contribution in [3.63, 3.8) is 0 Å². The van der Waals surface area contributed by atoms with Crippen LogP contribution in [0.2, 0.25) is 13.1 Å². The van der Waals surface area contributed by atoms with Gasteiger partial charge in [0, 0.05) is 0 Å². The molecular weight excluding hydrogens is 439 g/mol. The van der Waals surface area contributed by atoms with Gasteiger partial charge in [0.15, 0.2) is 0 Å². The topological polar surface area (TPSA) is 0 Å². The quantitative estimate of drug-likeness (QED) is 0.286. The van der Waals surface area contributed by atoms with Gasteiger partial charge in [-0.1, -0.05) is 121 Å². The largest absolute Gasteiger partial charge is 0.214 e. The number of rotatable bonds is 4. The molecule has 4 rings (SSSR count). The van der Waals surface area contributed by atoms with Crippen molar-refractivity contribution in [3.05, 3.63) is 121 Å². The normalized spacial score (nSPS) is 11.3. The van der Waals surface area contributed by atoms with Crippen LogP contribution in [0.15, 0.2) is 121 Å². The molecule has 4 heteroatoms. The van der Waals surface area contributed by atoms with Crippen molar-refractivity contribution in [1.82, 2.24) is 0 Å². The molecule has 0 aromatic heterocycles. The predicted molar refractivity (Wildman–Crippen MR) is 139 cm³/mol. The molecule has 152 valence electrons. The fraction of sp³-hybridized carbons (Fsp3) is 0.0769. The Hall–Kier alpha value is -2.11. The van der Waals surface area contributed by atoms with Crippen LogP contribution in [0.5, 0.6) is 0 Å². The van der Waals surface area contributed by atoms with E-state index in [1.165, 1.54) is 20.7 Å². The molecule has 0 spiro atoms. The molecule has 0 radical (unpaired) electrons. The summed E-state index contributed by atoms with van der Waals surface area (Å²) in [5.74, 6) is 0. The van der Waals surface area contributed by atoms with Gasteiger partial charge in [-0.05, 0) is 33.8 Å². The Morgan fingerprint density at radius 1 is 0.367 bits per heavy atom. The van der Waals surface area contributed by atoms with Gasteiger partial charge in [-0.15, -0.1) is 0 Å². The van der Waals surface area contributed by atoms with Gasteiger partial charge in [-0.3, -0.25) is 0 Å². The second-order valence-electron chi connectivity index (χ2n) is 7.47. The average Bonchev–Trinajstić information content (AvgIpc) is 2.82. The van der Waals surface area contributed by atoms with E-state index in [0.29, 0.717) is 0 Å². The maximum absolute atomic E-state index is 6.73. The standard InChI is InChI=1S/2C13H13ClSi/c2*1-15(14,12-8-4-2-5-9-12)13-10-6-3-7-11-13/h2*2-11H,1H3. The molecular formula is C26H26Cl2Si2. The second-order valence-corrected chi connectivity index (χ2v) is 18.3. The highest BCUT2D eigenvalue weighted by Crippen LogP contribution is 2.10. The first-order chi connectivity index (χ1) is 14.4. The summed E-state index contributed by atoms with van der Waals surface area (Å²) in [4.78, 5) is 0. The van der Waals surface area contributed by atoms with Gasteiger partial charge in [-0.25, -0.2) is 0 Å². The Balaban J connectivity index is 0.000000171. The van der Waals surface area contributed by atoms with Gasteiger partial charge >= 0.3 is 0 Å². The maximum Gasteiger partial charge on any atom is 0.214 e. The summed E-state index contributed by atoms with van der Waals surface area (Å²) in [5.41, 5.74) is 0. The van der Waals surface area contributed by atoms with E-state index >= 15 is 0 Å². The Kier molecular flexibility index (Phi) is 7.73. The van der Waals surface area contributed by atoms with E-state index in [4.69, 9.17) is 22.2 Å². The highest BCUT2D eigenvalue weighted by atomic mass is 35.6. The molecule has 0 saturated carbocycles. The third-order valence-corrected chi connectivity index (χ3v) is 13.6. The van der Waals surface area contributed by atoms with Crippen LogP contribution in [0, 0.1) is 0 Å². The SMILES string of the molecule is C[Si](Cl)(c1ccccc1)c1ccccc1.C[Si](Cl)(c1ccccc1)c1ccccc1. The summed E-state index contributed by atoms with van der Waals surface area (Å²) in [6.45, 7) is 4.33. The molecule has 30 heavy (non-hydrogen) atoms. The zero-order valence-corrected chi connectivity index (χ0v) is 20.8. The van der Waals surface area contributed by atoms with Crippen LogP contribution in [0.4, 0.5) is 0 Å². The van der Waals surface area contributed by atoms with Crippen molar-refractivity contribution >= 4 is 57.7 Å². The van der Waals surface area contributed by atoms with Gasteiger partial charge in [-0.2, -0.15) is 22.2 Å². The minimum absolute atomic E-state index is 1.26. The Morgan fingerprint density at radius 3 is 0.700 bits per heavy atom. The van der Waals surface area contributed by atoms with Gasteiger partial charge < -0.3 is 0 Å². The summed E-state index contributed by atoms with van der Waals surface area (Å²) >= 11 is 13.5. The highest BCUT2D eigenvalue weighted by molar-refractivity contribution is 7.34. The lowest BCUT2D eigenvalue weighted by Gasteiger charge is -2.20. The molecule has 0 unspecified atom stereocenters. The highest BCUT2D eigenvalue weighted by Gasteiger charge is 2.29.